The lowest BCUT2D eigenvalue weighted by atomic mass is 10.2. The third-order valence-corrected chi connectivity index (χ3v) is 10.9. The molecule has 0 aromatic rings. The van der Waals surface area contributed by atoms with Gasteiger partial charge in [0.25, 0.3) is 0 Å². The zero-order chi connectivity index (χ0) is 19.0. The Morgan fingerprint density at radius 2 is 1.81 bits per heavy atom. The molecule has 10 heteroatoms. The molecule has 3 aliphatic heterocycles. The van der Waals surface area contributed by atoms with Crippen molar-refractivity contribution >= 4 is 17.6 Å². The summed E-state index contributed by atoms with van der Waals surface area (Å²) in [7, 11) is 1.48. The smallest absolute Gasteiger partial charge is 0.379 e. The van der Waals surface area contributed by atoms with E-state index in [9.17, 15) is 0 Å². The molecule has 0 aromatic carbocycles. The largest absolute Gasteiger partial charge is 0.501 e. The van der Waals surface area contributed by atoms with Gasteiger partial charge in [0, 0.05) is 60.2 Å². The van der Waals surface area contributed by atoms with E-state index in [2.05, 4.69) is 11.8 Å². The van der Waals surface area contributed by atoms with E-state index >= 15 is 0 Å². The van der Waals surface area contributed by atoms with E-state index in [4.69, 9.17) is 31.3 Å². The Labute approximate surface area is 159 Å². The molecule has 4 atom stereocenters. The minimum Gasteiger partial charge on any atom is -0.379 e. The molecule has 3 aliphatic rings. The summed E-state index contributed by atoms with van der Waals surface area (Å²) in [4.78, 5) is 2.41. The van der Waals surface area contributed by atoms with Crippen LogP contribution in [0, 0.1) is 0 Å². The van der Waals surface area contributed by atoms with Crippen molar-refractivity contribution in [2.45, 2.75) is 44.1 Å². The van der Waals surface area contributed by atoms with Crippen LogP contribution in [0.15, 0.2) is 0 Å². The third kappa shape index (κ3) is 6.06. The maximum atomic E-state index is 6.34. The van der Waals surface area contributed by atoms with Gasteiger partial charge in [-0.3, -0.25) is 4.90 Å². The number of hydrogen-bond acceptors (Lipinski definition) is 8. The molecule has 0 spiro atoms. The molecule has 3 heterocycles. The molecule has 0 N–H and O–H groups in total. The van der Waals surface area contributed by atoms with Crippen LogP contribution in [0.4, 0.5) is 0 Å². The van der Waals surface area contributed by atoms with Crippen LogP contribution in [0.1, 0.15) is 19.8 Å². The highest BCUT2D eigenvalue weighted by molar-refractivity contribution is 6.61. The summed E-state index contributed by atoms with van der Waals surface area (Å²) in [5.41, 5.74) is 0. The Bertz CT molecular complexity index is 408. The summed E-state index contributed by atoms with van der Waals surface area (Å²) in [6, 6.07) is 1.59. The van der Waals surface area contributed by atoms with Crippen molar-refractivity contribution in [1.82, 2.24) is 4.90 Å². The second-order valence-electron chi connectivity index (χ2n) is 6.89. The SMILES string of the molecule is CO[Si](CCCOCC1CN2CCC[Si](OC)(OC(C)C2)O1)(OC)OC. The van der Waals surface area contributed by atoms with Crippen LogP contribution in [0.5, 0.6) is 0 Å². The van der Waals surface area contributed by atoms with Crippen molar-refractivity contribution in [3.05, 3.63) is 0 Å². The maximum absolute atomic E-state index is 6.34. The van der Waals surface area contributed by atoms with E-state index in [0.29, 0.717) is 13.2 Å². The van der Waals surface area contributed by atoms with Gasteiger partial charge in [-0.05, 0) is 26.3 Å². The van der Waals surface area contributed by atoms with E-state index in [1.54, 1.807) is 28.4 Å². The van der Waals surface area contributed by atoms with Crippen LogP contribution in [0.25, 0.3) is 0 Å². The van der Waals surface area contributed by atoms with Crippen molar-refractivity contribution in [3.8, 4) is 0 Å². The Kier molecular flexibility index (Phi) is 9.14. The molecular weight excluding hydrogens is 374 g/mol. The highest BCUT2D eigenvalue weighted by Crippen LogP contribution is 2.27. The lowest BCUT2D eigenvalue weighted by Gasteiger charge is -2.43. The Hall–Kier alpha value is 0.114. The lowest BCUT2D eigenvalue weighted by molar-refractivity contribution is -0.0640. The van der Waals surface area contributed by atoms with Crippen molar-refractivity contribution in [3.63, 3.8) is 0 Å². The summed E-state index contributed by atoms with van der Waals surface area (Å²) in [6.45, 7) is 6.09. The van der Waals surface area contributed by atoms with Crippen LogP contribution in [-0.2, 0) is 31.3 Å². The first-order valence-electron chi connectivity index (χ1n) is 9.36. The number of fused-ring (bicyclic) bond motifs is 6. The van der Waals surface area contributed by atoms with Crippen LogP contribution in [0.2, 0.25) is 12.1 Å². The Morgan fingerprint density at radius 3 is 2.46 bits per heavy atom. The molecule has 0 radical (unpaired) electrons. The molecule has 3 rings (SSSR count). The fourth-order valence-electron chi connectivity index (χ4n) is 3.66. The normalized spacial score (nSPS) is 32.9. The van der Waals surface area contributed by atoms with Crippen molar-refractivity contribution in [1.29, 1.82) is 0 Å². The molecule has 3 saturated heterocycles. The first-order valence-corrected chi connectivity index (χ1v) is 13.2. The maximum Gasteiger partial charge on any atom is 0.501 e. The molecule has 0 aromatic heterocycles. The molecule has 4 unspecified atom stereocenters. The van der Waals surface area contributed by atoms with Crippen LogP contribution in [-0.4, -0.2) is 96.0 Å². The zero-order valence-electron chi connectivity index (χ0n) is 16.8. The third-order valence-electron chi connectivity index (χ3n) is 4.98. The topological polar surface area (TPSA) is 67.9 Å². The fourth-order valence-corrected chi connectivity index (χ4v) is 7.96. The van der Waals surface area contributed by atoms with Gasteiger partial charge in [0.15, 0.2) is 0 Å². The molecule has 154 valence electrons. The second kappa shape index (κ2) is 10.6. The predicted octanol–water partition coefficient (Wildman–Crippen LogP) is 1.37. The van der Waals surface area contributed by atoms with Gasteiger partial charge in [0.05, 0.1) is 18.8 Å². The zero-order valence-corrected chi connectivity index (χ0v) is 18.8. The summed E-state index contributed by atoms with van der Waals surface area (Å²) in [5.74, 6) is 0. The van der Waals surface area contributed by atoms with E-state index < -0.39 is 17.6 Å². The lowest BCUT2D eigenvalue weighted by Crippen LogP contribution is -2.59. The molecule has 3 fully saturated rings. The molecule has 0 amide bonds. The van der Waals surface area contributed by atoms with Crippen LogP contribution < -0.4 is 0 Å². The van der Waals surface area contributed by atoms with Gasteiger partial charge in [-0.1, -0.05) is 0 Å². The summed E-state index contributed by atoms with van der Waals surface area (Å²) in [6.07, 6.45) is 1.99. The van der Waals surface area contributed by atoms with Gasteiger partial charge in [0.2, 0.25) is 0 Å². The van der Waals surface area contributed by atoms with Gasteiger partial charge >= 0.3 is 17.6 Å². The molecule has 0 aliphatic carbocycles. The van der Waals surface area contributed by atoms with Gasteiger partial charge in [-0.2, -0.15) is 0 Å². The van der Waals surface area contributed by atoms with Gasteiger partial charge in [0.1, 0.15) is 0 Å². The Morgan fingerprint density at radius 1 is 1.08 bits per heavy atom. The van der Waals surface area contributed by atoms with Crippen molar-refractivity contribution in [2.24, 2.45) is 0 Å². The number of rotatable bonds is 10. The highest BCUT2D eigenvalue weighted by atomic mass is 28.4. The minimum atomic E-state index is -2.60. The molecule has 8 nitrogen and oxygen atoms in total. The molecule has 2 bridgehead atoms. The van der Waals surface area contributed by atoms with Crippen molar-refractivity contribution < 1.29 is 31.3 Å². The molecular formula is C16H35NO7Si2. The van der Waals surface area contributed by atoms with Crippen LogP contribution in [0.3, 0.4) is 0 Å². The minimum absolute atomic E-state index is 0.0244. The standard InChI is InChI=1S/C16H35NO7Si2/c1-15-12-17-8-6-10-26(21-5,23-15)24-16(13-17)14-22-9-7-11-25(18-2,19-3)20-4/h15-16H,6-14H2,1-5H3. The second-order valence-corrected chi connectivity index (χ2v) is 12.7. The number of nitrogens with zero attached hydrogens (tertiary/aromatic N) is 1. The number of ether oxygens (including phenoxy) is 1. The predicted molar refractivity (Wildman–Crippen MR) is 101 cm³/mol. The first-order chi connectivity index (χ1) is 12.5. The molecule has 0 saturated carbocycles. The van der Waals surface area contributed by atoms with E-state index in [1.165, 1.54) is 0 Å². The number of hydrogen-bond donors (Lipinski definition) is 0. The van der Waals surface area contributed by atoms with Gasteiger partial charge in [-0.15, -0.1) is 0 Å². The van der Waals surface area contributed by atoms with Crippen LogP contribution >= 0.6 is 0 Å². The summed E-state index contributed by atoms with van der Waals surface area (Å²) < 4.78 is 40.5. The summed E-state index contributed by atoms with van der Waals surface area (Å²) in [5, 5.41) is 0. The highest BCUT2D eigenvalue weighted by Gasteiger charge is 2.47. The van der Waals surface area contributed by atoms with Gasteiger partial charge in [-0.25, -0.2) is 0 Å². The Balaban J connectivity index is 1.81. The van der Waals surface area contributed by atoms with E-state index in [0.717, 1.165) is 44.6 Å². The molecule has 26 heavy (non-hydrogen) atoms. The van der Waals surface area contributed by atoms with Gasteiger partial charge < -0.3 is 31.3 Å². The fraction of sp³-hybridized carbons (Fsp3) is 1.00. The van der Waals surface area contributed by atoms with E-state index in [-0.39, 0.29) is 12.2 Å². The first kappa shape index (κ1) is 22.4. The van der Waals surface area contributed by atoms with Crippen molar-refractivity contribution in [2.75, 3.05) is 61.3 Å². The summed E-state index contributed by atoms with van der Waals surface area (Å²) >= 11 is 0. The quantitative estimate of drug-likeness (QED) is 0.396. The average molecular weight is 410 g/mol. The average Bonchev–Trinajstić information content (AvgIpc) is 2.61. The van der Waals surface area contributed by atoms with E-state index in [1.807, 2.05) is 0 Å². The monoisotopic (exact) mass is 409 g/mol.